The van der Waals surface area contributed by atoms with Crippen molar-refractivity contribution < 1.29 is 4.43 Å². The Morgan fingerprint density at radius 2 is 1.00 bits per heavy atom. The fourth-order valence-corrected chi connectivity index (χ4v) is 17.4. The number of rotatable bonds is 11. The van der Waals surface area contributed by atoms with Crippen LogP contribution in [0.4, 0.5) is 0 Å². The molecule has 23 heavy (non-hydrogen) atoms. The Labute approximate surface area is 153 Å². The average Bonchev–Trinajstić information content (AvgIpc) is 2.59. The molecule has 0 atom stereocenters. The van der Waals surface area contributed by atoms with Gasteiger partial charge in [-0.3, -0.25) is 0 Å². The summed E-state index contributed by atoms with van der Waals surface area (Å²) in [5.74, 6) is 0. The Hall–Kier alpha value is 0.571. The lowest BCUT2D eigenvalue weighted by Crippen LogP contribution is -2.65. The molecule has 0 saturated carbocycles. The fraction of sp³-hybridized carbons (Fsp3) is 1.00. The van der Waals surface area contributed by atoms with Crippen LogP contribution in [0.15, 0.2) is 0 Å². The summed E-state index contributed by atoms with van der Waals surface area (Å²) in [5.41, 5.74) is 0. The second-order valence-electron chi connectivity index (χ2n) is 7.01. The largest absolute Gasteiger partial charge is 0.426 e. The van der Waals surface area contributed by atoms with Gasteiger partial charge in [0, 0.05) is 6.10 Å². The molecular formula is C18H47NOSi3. The number of hydrogen-bond acceptors (Lipinski definition) is 2. The van der Waals surface area contributed by atoms with Gasteiger partial charge in [0.2, 0.25) is 0 Å². The van der Waals surface area contributed by atoms with E-state index in [1.807, 2.05) is 13.8 Å². The molecule has 0 bridgehead atoms. The third kappa shape index (κ3) is 7.55. The van der Waals surface area contributed by atoms with Crippen molar-refractivity contribution in [2.45, 2.75) is 111 Å². The van der Waals surface area contributed by atoms with Crippen LogP contribution in [0, 0.1) is 0 Å². The summed E-state index contributed by atoms with van der Waals surface area (Å²) in [7, 11) is -1.47. The summed E-state index contributed by atoms with van der Waals surface area (Å²) in [6.45, 7) is 22.6. The minimum atomic E-state index is -1.17. The van der Waals surface area contributed by atoms with E-state index >= 15 is 0 Å². The van der Waals surface area contributed by atoms with E-state index in [9.17, 15) is 0 Å². The van der Waals surface area contributed by atoms with E-state index in [1.54, 1.807) is 0 Å². The Morgan fingerprint density at radius 3 is 1.13 bits per heavy atom. The zero-order chi connectivity index (χ0) is 18.5. The lowest BCUT2D eigenvalue weighted by Gasteiger charge is -2.52. The van der Waals surface area contributed by atoms with E-state index < -0.39 is 16.5 Å². The van der Waals surface area contributed by atoms with Gasteiger partial charge in [-0.15, -0.1) is 0 Å². The smallest absolute Gasteiger partial charge is 0.146 e. The fourth-order valence-electron chi connectivity index (χ4n) is 3.85. The van der Waals surface area contributed by atoms with Gasteiger partial charge in [-0.25, -0.2) is 0 Å². The predicted octanol–water partition coefficient (Wildman–Crippen LogP) is 5.40. The number of nitrogens with zero attached hydrogens (tertiary/aromatic N) is 1. The molecule has 0 aromatic rings. The van der Waals surface area contributed by atoms with Gasteiger partial charge in [0.25, 0.3) is 0 Å². The molecule has 0 heterocycles. The van der Waals surface area contributed by atoms with Crippen molar-refractivity contribution in [1.29, 1.82) is 0 Å². The van der Waals surface area contributed by atoms with Gasteiger partial charge in [0.15, 0.2) is 0 Å². The van der Waals surface area contributed by atoms with Gasteiger partial charge < -0.3 is 8.66 Å². The molecular weight excluding hydrogens is 330 g/mol. The zero-order valence-electron chi connectivity index (χ0n) is 18.1. The van der Waals surface area contributed by atoms with E-state index in [2.05, 4.69) is 52.7 Å². The summed E-state index contributed by atoms with van der Waals surface area (Å²) in [6.07, 6.45) is 1.78. The van der Waals surface area contributed by atoms with E-state index in [-0.39, 0.29) is 0 Å². The van der Waals surface area contributed by atoms with Crippen LogP contribution < -0.4 is 0 Å². The second kappa shape index (κ2) is 13.8. The van der Waals surface area contributed by atoms with Crippen molar-refractivity contribution in [3.05, 3.63) is 0 Å². The molecule has 0 fully saturated rings. The average molecular weight is 378 g/mol. The van der Waals surface area contributed by atoms with E-state index in [0.29, 0.717) is 6.10 Å². The van der Waals surface area contributed by atoms with E-state index in [4.69, 9.17) is 4.43 Å². The van der Waals surface area contributed by atoms with Crippen LogP contribution in [-0.4, -0.2) is 43.8 Å². The SMILES string of the molecule is CC(C)O[SiH3].CCCN([Si](CC)(CC)CC)[Si](CC)(CC)CC. The third-order valence-electron chi connectivity index (χ3n) is 6.01. The van der Waals surface area contributed by atoms with Crippen molar-refractivity contribution in [2.75, 3.05) is 6.54 Å². The summed E-state index contributed by atoms with van der Waals surface area (Å²) < 4.78 is 8.06. The molecule has 0 aliphatic carbocycles. The summed E-state index contributed by atoms with van der Waals surface area (Å²) in [4.78, 5) is 0. The molecule has 0 N–H and O–H groups in total. The molecule has 2 nitrogen and oxygen atoms in total. The first-order valence-electron chi connectivity index (χ1n) is 10.1. The first kappa shape index (κ1) is 25.8. The molecule has 5 heteroatoms. The number of hydrogen-bond donors (Lipinski definition) is 0. The van der Waals surface area contributed by atoms with E-state index in [1.165, 1.54) is 49.2 Å². The van der Waals surface area contributed by atoms with Crippen LogP contribution in [0.25, 0.3) is 0 Å². The van der Waals surface area contributed by atoms with Crippen LogP contribution in [-0.2, 0) is 4.43 Å². The molecule has 0 aromatic heterocycles. The van der Waals surface area contributed by atoms with Crippen LogP contribution >= 0.6 is 0 Å². The molecule has 0 saturated heterocycles. The van der Waals surface area contributed by atoms with Gasteiger partial charge in [0.1, 0.15) is 27.0 Å². The van der Waals surface area contributed by atoms with Crippen molar-refractivity contribution in [2.24, 2.45) is 0 Å². The molecule has 0 rings (SSSR count). The maximum atomic E-state index is 4.89. The first-order chi connectivity index (χ1) is 10.8. The van der Waals surface area contributed by atoms with Gasteiger partial charge in [-0.1, -0.05) is 48.5 Å². The molecule has 0 radical (unpaired) electrons. The molecule has 0 unspecified atom stereocenters. The normalized spacial score (nSPS) is 12.7. The minimum absolute atomic E-state index is 0.446. The molecule has 142 valence electrons. The van der Waals surface area contributed by atoms with Crippen molar-refractivity contribution in [1.82, 2.24) is 4.23 Å². The highest BCUT2D eigenvalue weighted by Crippen LogP contribution is 2.35. The lowest BCUT2D eigenvalue weighted by molar-refractivity contribution is 0.267. The topological polar surface area (TPSA) is 12.5 Å². The quantitative estimate of drug-likeness (QED) is 0.447. The van der Waals surface area contributed by atoms with Gasteiger partial charge in [0.05, 0.1) is 0 Å². The minimum Gasteiger partial charge on any atom is -0.426 e. The van der Waals surface area contributed by atoms with Gasteiger partial charge >= 0.3 is 0 Å². The standard InChI is InChI=1S/C15H37NSi2.C3H10OSi/c1-8-15-16(17(9-2,10-3)11-4)18(12-5,13-6)14-7;1-3(2)4-5/h8-15H2,1-7H3;3H,1-2,5H3. The Bertz CT molecular complexity index is 230. The monoisotopic (exact) mass is 377 g/mol. The molecule has 0 amide bonds. The Morgan fingerprint density at radius 1 is 0.739 bits per heavy atom. The van der Waals surface area contributed by atoms with Crippen molar-refractivity contribution >= 4 is 27.0 Å². The highest BCUT2D eigenvalue weighted by Gasteiger charge is 2.45. The van der Waals surface area contributed by atoms with Gasteiger partial charge in [-0.05, 0) is 63.1 Å². The van der Waals surface area contributed by atoms with Crippen LogP contribution in [0.2, 0.25) is 36.3 Å². The van der Waals surface area contributed by atoms with E-state index in [0.717, 1.165) is 10.5 Å². The lowest BCUT2D eigenvalue weighted by atomic mass is 10.5. The van der Waals surface area contributed by atoms with Crippen molar-refractivity contribution in [3.8, 4) is 0 Å². The zero-order valence-corrected chi connectivity index (χ0v) is 22.1. The Balaban J connectivity index is 0. The third-order valence-corrected chi connectivity index (χ3v) is 20.4. The summed E-state index contributed by atoms with van der Waals surface area (Å²) >= 11 is 0. The van der Waals surface area contributed by atoms with Crippen LogP contribution in [0.5, 0.6) is 0 Å². The summed E-state index contributed by atoms with van der Waals surface area (Å²) in [6, 6.07) is 8.72. The maximum absolute atomic E-state index is 4.89. The van der Waals surface area contributed by atoms with Crippen LogP contribution in [0.1, 0.15) is 68.7 Å². The maximum Gasteiger partial charge on any atom is 0.146 e. The second-order valence-corrected chi connectivity index (χ2v) is 18.1. The van der Waals surface area contributed by atoms with Crippen LogP contribution in [0.3, 0.4) is 0 Å². The molecule has 0 aromatic carbocycles. The highest BCUT2D eigenvalue weighted by atomic mass is 28.4. The predicted molar refractivity (Wildman–Crippen MR) is 118 cm³/mol. The summed E-state index contributed by atoms with van der Waals surface area (Å²) in [5, 5.41) is 0. The van der Waals surface area contributed by atoms with Gasteiger partial charge in [-0.2, -0.15) is 0 Å². The first-order valence-corrected chi connectivity index (χ1v) is 16.1. The van der Waals surface area contributed by atoms with Crippen molar-refractivity contribution in [3.63, 3.8) is 0 Å². The highest BCUT2D eigenvalue weighted by molar-refractivity contribution is 6.92. The Kier molecular flexibility index (Phi) is 15.5. The molecule has 0 aliphatic heterocycles. The molecule has 0 spiro atoms. The molecule has 0 aliphatic rings.